The average Bonchev–Trinajstić information content (AvgIpc) is 2.86. The number of hydrogen-bond donors (Lipinski definition) is 0. The Morgan fingerprint density at radius 2 is 2.06 bits per heavy atom. The first-order chi connectivity index (χ1) is 8.84. The Labute approximate surface area is 114 Å². The normalized spacial score (nSPS) is 20.6. The van der Waals surface area contributed by atoms with E-state index in [0.717, 1.165) is 21.4 Å². The molecule has 90 valence electrons. The SMILES string of the molecule is Clc1ccccc1CSC1=NC=NC2=NC=NC21. The van der Waals surface area contributed by atoms with Gasteiger partial charge in [-0.15, -0.1) is 11.8 Å². The lowest BCUT2D eigenvalue weighted by molar-refractivity contribution is 1.16. The van der Waals surface area contributed by atoms with Gasteiger partial charge in [0, 0.05) is 10.8 Å². The molecule has 0 aromatic heterocycles. The number of hydrogen-bond acceptors (Lipinski definition) is 5. The van der Waals surface area contributed by atoms with Crippen molar-refractivity contribution in [3.8, 4) is 0 Å². The number of nitrogens with zero attached hydrogens (tertiary/aromatic N) is 4. The van der Waals surface area contributed by atoms with E-state index >= 15 is 0 Å². The summed E-state index contributed by atoms with van der Waals surface area (Å²) in [7, 11) is 0. The highest BCUT2D eigenvalue weighted by Gasteiger charge is 2.26. The minimum atomic E-state index is -0.123. The van der Waals surface area contributed by atoms with E-state index in [0.29, 0.717) is 5.84 Å². The van der Waals surface area contributed by atoms with Crippen molar-refractivity contribution >= 4 is 46.9 Å². The maximum absolute atomic E-state index is 6.12. The van der Waals surface area contributed by atoms with Gasteiger partial charge in [0.2, 0.25) is 0 Å². The van der Waals surface area contributed by atoms with Crippen LogP contribution in [0.4, 0.5) is 0 Å². The minimum Gasteiger partial charge on any atom is -0.255 e. The number of amidine groups is 1. The third kappa shape index (κ3) is 2.23. The Morgan fingerprint density at radius 3 is 2.94 bits per heavy atom. The number of benzene rings is 1. The van der Waals surface area contributed by atoms with Crippen molar-refractivity contribution < 1.29 is 0 Å². The van der Waals surface area contributed by atoms with Gasteiger partial charge in [-0.1, -0.05) is 29.8 Å². The van der Waals surface area contributed by atoms with Crippen LogP contribution in [-0.4, -0.2) is 29.6 Å². The van der Waals surface area contributed by atoms with Crippen LogP contribution in [0.5, 0.6) is 0 Å². The molecule has 0 amide bonds. The maximum atomic E-state index is 6.12. The molecule has 6 heteroatoms. The van der Waals surface area contributed by atoms with Crippen molar-refractivity contribution in [1.29, 1.82) is 0 Å². The highest BCUT2D eigenvalue weighted by Crippen LogP contribution is 2.25. The number of aliphatic imine (C=N–C) groups is 4. The third-order valence-corrected chi connectivity index (χ3v) is 4.04. The second-order valence-electron chi connectivity index (χ2n) is 3.75. The van der Waals surface area contributed by atoms with Crippen LogP contribution in [0.3, 0.4) is 0 Å². The molecule has 0 N–H and O–H groups in total. The molecule has 1 atom stereocenters. The molecule has 2 aliphatic rings. The standard InChI is InChI=1S/C12H9ClN4S/c13-9-4-2-1-3-8(9)5-18-12-10-11(15-6-14-10)16-7-17-12/h1-4,6-7,10H,5H2. The van der Waals surface area contributed by atoms with Crippen LogP contribution in [0, 0.1) is 0 Å². The molecule has 0 saturated carbocycles. The van der Waals surface area contributed by atoms with Crippen LogP contribution in [0.25, 0.3) is 0 Å². The molecule has 18 heavy (non-hydrogen) atoms. The summed E-state index contributed by atoms with van der Waals surface area (Å²) in [4.78, 5) is 16.7. The zero-order valence-corrected chi connectivity index (χ0v) is 10.9. The third-order valence-electron chi connectivity index (χ3n) is 2.59. The quantitative estimate of drug-likeness (QED) is 0.819. The summed E-state index contributed by atoms with van der Waals surface area (Å²) in [6, 6.07) is 7.68. The van der Waals surface area contributed by atoms with Gasteiger partial charge in [-0.2, -0.15) is 0 Å². The topological polar surface area (TPSA) is 49.4 Å². The van der Waals surface area contributed by atoms with Crippen LogP contribution in [-0.2, 0) is 5.75 Å². The summed E-state index contributed by atoms with van der Waals surface area (Å²) in [5.41, 5.74) is 1.09. The molecular weight excluding hydrogens is 268 g/mol. The molecule has 0 bridgehead atoms. The zero-order chi connectivity index (χ0) is 12.4. The first kappa shape index (κ1) is 11.6. The monoisotopic (exact) mass is 276 g/mol. The number of halogens is 1. The molecule has 2 aliphatic heterocycles. The fourth-order valence-electron chi connectivity index (χ4n) is 1.67. The Morgan fingerprint density at radius 1 is 1.17 bits per heavy atom. The first-order valence-electron chi connectivity index (χ1n) is 5.40. The lowest BCUT2D eigenvalue weighted by Crippen LogP contribution is -2.25. The molecular formula is C12H9ClN4S. The summed E-state index contributed by atoms with van der Waals surface area (Å²) in [5, 5.41) is 1.69. The summed E-state index contributed by atoms with van der Waals surface area (Å²) in [6.07, 6.45) is 3.06. The molecule has 0 fully saturated rings. The van der Waals surface area contributed by atoms with Gasteiger partial charge in [0.05, 0.1) is 0 Å². The van der Waals surface area contributed by atoms with Crippen LogP contribution in [0.1, 0.15) is 5.56 Å². The van der Waals surface area contributed by atoms with E-state index in [-0.39, 0.29) is 6.04 Å². The van der Waals surface area contributed by atoms with Crippen molar-refractivity contribution in [2.75, 3.05) is 0 Å². The molecule has 0 spiro atoms. The van der Waals surface area contributed by atoms with Crippen LogP contribution in [0.2, 0.25) is 5.02 Å². The van der Waals surface area contributed by atoms with E-state index in [1.54, 1.807) is 11.8 Å². The second-order valence-corrected chi connectivity index (χ2v) is 5.15. The van der Waals surface area contributed by atoms with Gasteiger partial charge in [0.15, 0.2) is 11.9 Å². The Kier molecular flexibility index (Phi) is 3.25. The smallest absolute Gasteiger partial charge is 0.163 e. The fraction of sp³-hybridized carbons (Fsp3) is 0.167. The second kappa shape index (κ2) is 5.04. The van der Waals surface area contributed by atoms with Gasteiger partial charge in [-0.25, -0.2) is 15.0 Å². The van der Waals surface area contributed by atoms with Crippen LogP contribution >= 0.6 is 23.4 Å². The molecule has 4 nitrogen and oxygen atoms in total. The molecule has 3 rings (SSSR count). The van der Waals surface area contributed by atoms with Crippen molar-refractivity contribution in [1.82, 2.24) is 0 Å². The van der Waals surface area contributed by atoms with Crippen LogP contribution in [0.15, 0.2) is 44.2 Å². The van der Waals surface area contributed by atoms with Gasteiger partial charge in [0.1, 0.15) is 17.7 Å². The van der Waals surface area contributed by atoms with Crippen LogP contribution < -0.4 is 0 Å². The van der Waals surface area contributed by atoms with Crippen molar-refractivity contribution in [3.63, 3.8) is 0 Å². The Balaban J connectivity index is 1.73. The molecule has 0 aliphatic carbocycles. The summed E-state index contributed by atoms with van der Waals surface area (Å²) < 4.78 is 0. The Bertz CT molecular complexity index is 591. The summed E-state index contributed by atoms with van der Waals surface area (Å²) in [6.45, 7) is 0. The molecule has 0 radical (unpaired) electrons. The van der Waals surface area contributed by atoms with E-state index in [2.05, 4.69) is 20.0 Å². The summed E-state index contributed by atoms with van der Waals surface area (Å²) in [5.74, 6) is 1.48. The lowest BCUT2D eigenvalue weighted by atomic mass is 10.2. The fourth-order valence-corrected chi connectivity index (χ4v) is 2.96. The maximum Gasteiger partial charge on any atom is 0.163 e. The first-order valence-corrected chi connectivity index (χ1v) is 6.77. The number of thioether (sulfide) groups is 1. The highest BCUT2D eigenvalue weighted by molar-refractivity contribution is 8.13. The van der Waals surface area contributed by atoms with E-state index in [1.165, 1.54) is 12.7 Å². The molecule has 2 heterocycles. The Hall–Kier alpha value is -1.46. The van der Waals surface area contributed by atoms with E-state index in [9.17, 15) is 0 Å². The minimum absolute atomic E-state index is 0.123. The number of rotatable bonds is 2. The molecule has 1 aromatic rings. The lowest BCUT2D eigenvalue weighted by Gasteiger charge is -2.13. The number of fused-ring (bicyclic) bond motifs is 1. The molecule has 1 unspecified atom stereocenters. The van der Waals surface area contributed by atoms with Gasteiger partial charge < -0.3 is 0 Å². The highest BCUT2D eigenvalue weighted by atomic mass is 35.5. The van der Waals surface area contributed by atoms with E-state index in [1.807, 2.05) is 24.3 Å². The predicted octanol–water partition coefficient (Wildman–Crippen LogP) is 2.82. The van der Waals surface area contributed by atoms with Gasteiger partial charge in [-0.3, -0.25) is 4.99 Å². The van der Waals surface area contributed by atoms with Gasteiger partial charge in [-0.05, 0) is 11.6 Å². The van der Waals surface area contributed by atoms with E-state index < -0.39 is 0 Å². The van der Waals surface area contributed by atoms with Gasteiger partial charge in [0.25, 0.3) is 0 Å². The predicted molar refractivity (Wildman–Crippen MR) is 78.4 cm³/mol. The van der Waals surface area contributed by atoms with E-state index in [4.69, 9.17) is 11.6 Å². The zero-order valence-electron chi connectivity index (χ0n) is 9.32. The summed E-state index contributed by atoms with van der Waals surface area (Å²) >= 11 is 7.74. The van der Waals surface area contributed by atoms with Crippen molar-refractivity contribution in [2.45, 2.75) is 11.8 Å². The average molecular weight is 277 g/mol. The largest absolute Gasteiger partial charge is 0.255 e. The molecule has 0 saturated heterocycles. The molecule has 1 aromatic carbocycles. The van der Waals surface area contributed by atoms with Crippen molar-refractivity contribution in [2.24, 2.45) is 20.0 Å². The van der Waals surface area contributed by atoms with Gasteiger partial charge >= 0.3 is 0 Å². The van der Waals surface area contributed by atoms with Crippen molar-refractivity contribution in [3.05, 3.63) is 34.9 Å².